The predicted molar refractivity (Wildman–Crippen MR) is 108 cm³/mol. The third-order valence-electron chi connectivity index (χ3n) is 4.74. The second-order valence-electron chi connectivity index (χ2n) is 6.49. The van der Waals surface area contributed by atoms with Crippen LogP contribution in [0.1, 0.15) is 28.0 Å². The van der Waals surface area contributed by atoms with Crippen LogP contribution < -0.4 is 10.2 Å². The van der Waals surface area contributed by atoms with E-state index in [1.807, 2.05) is 25.1 Å². The number of carbonyl (C=O) groups excluding carboxylic acids is 1. The van der Waals surface area contributed by atoms with Gasteiger partial charge in [-0.1, -0.05) is 35.9 Å². The van der Waals surface area contributed by atoms with Gasteiger partial charge in [0.15, 0.2) is 0 Å². The zero-order chi connectivity index (χ0) is 18.8. The van der Waals surface area contributed by atoms with Crippen molar-refractivity contribution in [2.24, 2.45) is 0 Å². The number of benzene rings is 2. The zero-order valence-corrected chi connectivity index (χ0v) is 15.7. The molecule has 0 saturated carbocycles. The van der Waals surface area contributed by atoms with Crippen LogP contribution in [0.15, 0.2) is 54.7 Å². The summed E-state index contributed by atoms with van der Waals surface area (Å²) in [5.41, 5.74) is 4.20. The van der Waals surface area contributed by atoms with Crippen LogP contribution in [0.2, 0.25) is 5.02 Å². The number of halogens is 1. The topological polar surface area (TPSA) is 58.1 Å². The number of nitrogens with one attached hydrogen (secondary N) is 1. The Labute approximate surface area is 163 Å². The van der Waals surface area contributed by atoms with Gasteiger partial charge in [0.1, 0.15) is 5.69 Å². The van der Waals surface area contributed by atoms with E-state index in [1.165, 1.54) is 5.56 Å². The summed E-state index contributed by atoms with van der Waals surface area (Å²) in [4.78, 5) is 23.7. The molecule has 0 fully saturated rings. The smallest absolute Gasteiger partial charge is 0.274 e. The van der Waals surface area contributed by atoms with Gasteiger partial charge in [-0.2, -0.15) is 0 Å². The van der Waals surface area contributed by atoms with Crippen LogP contribution in [0.25, 0.3) is 0 Å². The number of carbonyl (C=O) groups is 1. The average Bonchev–Trinajstić information content (AvgIpc) is 2.71. The summed E-state index contributed by atoms with van der Waals surface area (Å²) < 4.78 is 0. The van der Waals surface area contributed by atoms with E-state index in [0.29, 0.717) is 22.4 Å². The van der Waals surface area contributed by atoms with Gasteiger partial charge in [0.05, 0.1) is 0 Å². The summed E-state index contributed by atoms with van der Waals surface area (Å²) in [6, 6.07) is 15.3. The fourth-order valence-corrected chi connectivity index (χ4v) is 3.45. The van der Waals surface area contributed by atoms with Gasteiger partial charge < -0.3 is 10.2 Å². The van der Waals surface area contributed by atoms with E-state index in [4.69, 9.17) is 11.6 Å². The number of nitrogens with zero attached hydrogens (tertiary/aromatic N) is 3. The summed E-state index contributed by atoms with van der Waals surface area (Å²) in [6.45, 7) is 2.70. The minimum Gasteiger partial charge on any atom is -0.320 e. The van der Waals surface area contributed by atoms with Gasteiger partial charge in [0, 0.05) is 29.1 Å². The van der Waals surface area contributed by atoms with E-state index in [1.54, 1.807) is 24.4 Å². The van der Waals surface area contributed by atoms with E-state index < -0.39 is 0 Å². The number of rotatable bonds is 3. The van der Waals surface area contributed by atoms with Crippen molar-refractivity contribution in [3.8, 4) is 0 Å². The molecule has 0 radical (unpaired) electrons. The highest BCUT2D eigenvalue weighted by atomic mass is 35.5. The van der Waals surface area contributed by atoms with Gasteiger partial charge in [-0.25, -0.2) is 9.97 Å². The normalized spacial score (nSPS) is 13.2. The van der Waals surface area contributed by atoms with E-state index in [0.717, 1.165) is 30.6 Å². The molecular weight excluding hydrogens is 360 g/mol. The molecule has 3 aromatic rings. The lowest BCUT2D eigenvalue weighted by Gasteiger charge is -2.29. The fraction of sp³-hybridized carbons (Fsp3) is 0.190. The molecule has 0 aliphatic carbocycles. The summed E-state index contributed by atoms with van der Waals surface area (Å²) in [7, 11) is 0. The molecule has 4 rings (SSSR count). The lowest BCUT2D eigenvalue weighted by molar-refractivity contribution is 0.102. The predicted octanol–water partition coefficient (Wildman–Crippen LogP) is 4.78. The van der Waals surface area contributed by atoms with E-state index in [-0.39, 0.29) is 5.91 Å². The molecule has 1 aromatic heterocycles. The summed E-state index contributed by atoms with van der Waals surface area (Å²) in [5, 5.41) is 3.50. The van der Waals surface area contributed by atoms with Crippen molar-refractivity contribution in [2.75, 3.05) is 16.8 Å². The van der Waals surface area contributed by atoms with Gasteiger partial charge in [-0.15, -0.1) is 0 Å². The third-order valence-corrected chi connectivity index (χ3v) is 5.15. The minimum atomic E-state index is -0.283. The highest BCUT2D eigenvalue weighted by Crippen LogP contribution is 2.31. The zero-order valence-electron chi connectivity index (χ0n) is 14.9. The first kappa shape index (κ1) is 17.5. The average molecular weight is 379 g/mol. The standard InChI is InChI=1S/C21H19ClN4O/c1-14-16(22)8-4-9-17(14)24-20(27)18-11-12-23-21(25-18)26-13-5-7-15-6-2-3-10-19(15)26/h2-4,6,8-12H,5,7,13H2,1H3,(H,24,27). The first-order valence-corrected chi connectivity index (χ1v) is 9.26. The molecule has 6 heteroatoms. The molecule has 27 heavy (non-hydrogen) atoms. The molecule has 0 unspecified atom stereocenters. The molecule has 2 aromatic carbocycles. The van der Waals surface area contributed by atoms with E-state index >= 15 is 0 Å². The molecule has 136 valence electrons. The highest BCUT2D eigenvalue weighted by Gasteiger charge is 2.21. The highest BCUT2D eigenvalue weighted by molar-refractivity contribution is 6.31. The van der Waals surface area contributed by atoms with Crippen LogP contribution in [0, 0.1) is 6.92 Å². The third kappa shape index (κ3) is 3.51. The monoisotopic (exact) mass is 378 g/mol. The van der Waals surface area contributed by atoms with Crippen LogP contribution >= 0.6 is 11.6 Å². The maximum Gasteiger partial charge on any atom is 0.274 e. The molecule has 2 heterocycles. The van der Waals surface area contributed by atoms with Crippen molar-refractivity contribution in [2.45, 2.75) is 19.8 Å². The molecular formula is C21H19ClN4O. The van der Waals surface area contributed by atoms with E-state index in [9.17, 15) is 4.79 Å². The molecule has 0 saturated heterocycles. The van der Waals surface area contributed by atoms with Gasteiger partial charge in [-0.3, -0.25) is 4.79 Å². The van der Waals surface area contributed by atoms with Crippen molar-refractivity contribution in [3.63, 3.8) is 0 Å². The minimum absolute atomic E-state index is 0.283. The van der Waals surface area contributed by atoms with Gasteiger partial charge in [0.25, 0.3) is 5.91 Å². The van der Waals surface area contributed by atoms with Gasteiger partial charge >= 0.3 is 0 Å². The maximum atomic E-state index is 12.7. The quantitative estimate of drug-likeness (QED) is 0.712. The Balaban J connectivity index is 1.62. The number of aromatic nitrogens is 2. The number of amides is 1. The van der Waals surface area contributed by atoms with Crippen molar-refractivity contribution >= 4 is 34.8 Å². The van der Waals surface area contributed by atoms with Crippen LogP contribution in [0.4, 0.5) is 17.3 Å². The lowest BCUT2D eigenvalue weighted by atomic mass is 10.0. The molecule has 1 aliphatic heterocycles. The van der Waals surface area contributed by atoms with Crippen LogP contribution in [0.3, 0.4) is 0 Å². The Hall–Kier alpha value is -2.92. The Kier molecular flexibility index (Phi) is 4.77. The molecule has 5 nitrogen and oxygen atoms in total. The second-order valence-corrected chi connectivity index (χ2v) is 6.90. The number of aryl methyl sites for hydroxylation is 1. The van der Waals surface area contributed by atoms with Crippen LogP contribution in [0.5, 0.6) is 0 Å². The SMILES string of the molecule is Cc1c(Cl)cccc1NC(=O)c1ccnc(N2CCCc3ccccc32)n1. The lowest BCUT2D eigenvalue weighted by Crippen LogP contribution is -2.27. The van der Waals surface area contributed by atoms with Gasteiger partial charge in [-0.05, 0) is 55.2 Å². The summed E-state index contributed by atoms with van der Waals surface area (Å²) in [5.74, 6) is 0.256. The number of hydrogen-bond acceptors (Lipinski definition) is 4. The van der Waals surface area contributed by atoms with E-state index in [2.05, 4.69) is 32.3 Å². The Morgan fingerprint density at radius 3 is 2.89 bits per heavy atom. The first-order chi connectivity index (χ1) is 13.1. The number of hydrogen-bond donors (Lipinski definition) is 1. The molecule has 0 atom stereocenters. The van der Waals surface area contributed by atoms with Gasteiger partial charge in [0.2, 0.25) is 5.95 Å². The molecule has 0 spiro atoms. The number of para-hydroxylation sites is 1. The molecule has 1 amide bonds. The molecule has 0 bridgehead atoms. The van der Waals surface area contributed by atoms with Crippen LogP contribution in [-0.2, 0) is 6.42 Å². The van der Waals surface area contributed by atoms with Crippen molar-refractivity contribution < 1.29 is 4.79 Å². The number of anilines is 3. The number of fused-ring (bicyclic) bond motifs is 1. The van der Waals surface area contributed by atoms with Crippen molar-refractivity contribution in [1.82, 2.24) is 9.97 Å². The molecule has 1 N–H and O–H groups in total. The summed E-state index contributed by atoms with van der Waals surface area (Å²) >= 11 is 6.13. The Bertz CT molecular complexity index is 1000. The maximum absolute atomic E-state index is 12.7. The fourth-order valence-electron chi connectivity index (χ4n) is 3.28. The van der Waals surface area contributed by atoms with Crippen molar-refractivity contribution in [3.05, 3.63) is 76.6 Å². The van der Waals surface area contributed by atoms with Crippen molar-refractivity contribution in [1.29, 1.82) is 0 Å². The Morgan fingerprint density at radius 1 is 1.15 bits per heavy atom. The Morgan fingerprint density at radius 2 is 2.00 bits per heavy atom. The second kappa shape index (κ2) is 7.37. The molecule has 1 aliphatic rings. The largest absolute Gasteiger partial charge is 0.320 e. The summed E-state index contributed by atoms with van der Waals surface area (Å²) in [6.07, 6.45) is 3.69. The first-order valence-electron chi connectivity index (χ1n) is 8.88. The van der Waals surface area contributed by atoms with Crippen LogP contribution in [-0.4, -0.2) is 22.4 Å².